The molecule has 3 rings (SSSR count). The highest BCUT2D eigenvalue weighted by Crippen LogP contribution is 2.23. The summed E-state index contributed by atoms with van der Waals surface area (Å²) in [6, 6.07) is 15.1. The van der Waals surface area contributed by atoms with E-state index in [4.69, 9.17) is 14.3 Å². The van der Waals surface area contributed by atoms with Crippen molar-refractivity contribution in [3.63, 3.8) is 0 Å². The molecule has 158 valence electrons. The van der Waals surface area contributed by atoms with E-state index < -0.39 is 0 Å². The van der Waals surface area contributed by atoms with E-state index >= 15 is 0 Å². The average molecular weight is 429 g/mol. The lowest BCUT2D eigenvalue weighted by Crippen LogP contribution is -2.25. The monoisotopic (exact) mass is 428 g/mol. The van der Waals surface area contributed by atoms with Crippen LogP contribution in [0.4, 0.5) is 4.79 Å². The molecule has 0 bridgehead atoms. The predicted molar refractivity (Wildman–Crippen MR) is 116 cm³/mol. The van der Waals surface area contributed by atoms with Gasteiger partial charge in [-0.05, 0) is 67.8 Å². The standard InChI is InChI=1S/C22H24N2O5S/c1-3-27-18-10-6-17(7-11-18)15(2)24-29-13-12-28-19-8-4-16(5-9-19)14-20-21(25)23-22(26)30-20/h4-11,20H,3,12-14H2,1-2H3,(H,23,25,26). The second-order valence-electron chi connectivity index (χ2n) is 6.55. The molecule has 1 fully saturated rings. The van der Waals surface area contributed by atoms with Gasteiger partial charge in [-0.25, -0.2) is 0 Å². The van der Waals surface area contributed by atoms with Gasteiger partial charge in [-0.3, -0.25) is 14.9 Å². The fourth-order valence-electron chi connectivity index (χ4n) is 2.81. The van der Waals surface area contributed by atoms with Gasteiger partial charge in [0.05, 0.1) is 17.6 Å². The molecule has 0 saturated carbocycles. The van der Waals surface area contributed by atoms with Crippen molar-refractivity contribution in [1.82, 2.24) is 5.32 Å². The number of oxime groups is 1. The molecule has 0 aliphatic carbocycles. The molecule has 0 aromatic heterocycles. The quantitative estimate of drug-likeness (QED) is 0.352. The molecule has 1 aliphatic heterocycles. The van der Waals surface area contributed by atoms with Crippen LogP contribution >= 0.6 is 11.8 Å². The van der Waals surface area contributed by atoms with Gasteiger partial charge in [-0.15, -0.1) is 0 Å². The van der Waals surface area contributed by atoms with Gasteiger partial charge in [-0.2, -0.15) is 0 Å². The van der Waals surface area contributed by atoms with Gasteiger partial charge < -0.3 is 14.3 Å². The van der Waals surface area contributed by atoms with Crippen molar-refractivity contribution in [1.29, 1.82) is 0 Å². The Morgan fingerprint density at radius 1 is 1.00 bits per heavy atom. The molecule has 7 nitrogen and oxygen atoms in total. The zero-order valence-corrected chi connectivity index (χ0v) is 17.7. The van der Waals surface area contributed by atoms with Crippen molar-refractivity contribution < 1.29 is 23.9 Å². The van der Waals surface area contributed by atoms with E-state index in [0.717, 1.165) is 34.3 Å². The summed E-state index contributed by atoms with van der Waals surface area (Å²) in [5.41, 5.74) is 2.71. The number of hydrogen-bond acceptors (Lipinski definition) is 7. The molecule has 1 saturated heterocycles. The van der Waals surface area contributed by atoms with E-state index in [-0.39, 0.29) is 16.4 Å². The number of nitrogens with zero attached hydrogens (tertiary/aromatic N) is 1. The second kappa shape index (κ2) is 10.7. The van der Waals surface area contributed by atoms with Crippen LogP contribution in [0.1, 0.15) is 25.0 Å². The Hall–Kier alpha value is -3.00. The van der Waals surface area contributed by atoms with Crippen molar-refractivity contribution >= 4 is 28.6 Å². The minimum Gasteiger partial charge on any atom is -0.494 e. The van der Waals surface area contributed by atoms with Crippen molar-refractivity contribution in [2.24, 2.45) is 5.16 Å². The maximum atomic E-state index is 11.6. The summed E-state index contributed by atoms with van der Waals surface area (Å²) in [5, 5.41) is 5.76. The molecule has 1 atom stereocenters. The third-order valence-corrected chi connectivity index (χ3v) is 5.32. The molecule has 2 amide bonds. The van der Waals surface area contributed by atoms with E-state index in [0.29, 0.717) is 32.0 Å². The third kappa shape index (κ3) is 6.25. The van der Waals surface area contributed by atoms with Gasteiger partial charge in [0.25, 0.3) is 5.24 Å². The lowest BCUT2D eigenvalue weighted by atomic mass is 10.1. The Balaban J connectivity index is 1.39. The van der Waals surface area contributed by atoms with Crippen LogP contribution in [0.15, 0.2) is 53.7 Å². The van der Waals surface area contributed by atoms with E-state index in [1.54, 1.807) is 0 Å². The van der Waals surface area contributed by atoms with Gasteiger partial charge in [0.15, 0.2) is 6.61 Å². The molecule has 2 aromatic rings. The molecule has 8 heteroatoms. The first kappa shape index (κ1) is 21.7. The van der Waals surface area contributed by atoms with Gasteiger partial charge in [0.1, 0.15) is 18.1 Å². The topological polar surface area (TPSA) is 86.2 Å². The number of carbonyl (C=O) groups excluding carboxylic acids is 2. The Morgan fingerprint density at radius 2 is 1.67 bits per heavy atom. The number of carbonyl (C=O) groups is 2. The molecule has 0 radical (unpaired) electrons. The summed E-state index contributed by atoms with van der Waals surface area (Å²) in [6.45, 7) is 5.14. The van der Waals surface area contributed by atoms with Gasteiger partial charge >= 0.3 is 0 Å². The van der Waals surface area contributed by atoms with E-state index in [9.17, 15) is 9.59 Å². The van der Waals surface area contributed by atoms with Crippen molar-refractivity contribution in [3.8, 4) is 11.5 Å². The largest absolute Gasteiger partial charge is 0.494 e. The predicted octanol–water partition coefficient (Wildman–Crippen LogP) is 3.80. The smallest absolute Gasteiger partial charge is 0.286 e. The summed E-state index contributed by atoms with van der Waals surface area (Å²) >= 11 is 1.03. The lowest BCUT2D eigenvalue weighted by molar-refractivity contribution is -0.118. The number of benzene rings is 2. The summed E-state index contributed by atoms with van der Waals surface area (Å²) in [4.78, 5) is 28.2. The molecule has 1 unspecified atom stereocenters. The van der Waals surface area contributed by atoms with Gasteiger partial charge in [0.2, 0.25) is 5.91 Å². The van der Waals surface area contributed by atoms with Crippen LogP contribution < -0.4 is 14.8 Å². The third-order valence-electron chi connectivity index (χ3n) is 4.34. The highest BCUT2D eigenvalue weighted by molar-refractivity contribution is 8.15. The maximum Gasteiger partial charge on any atom is 0.286 e. The van der Waals surface area contributed by atoms with Crippen LogP contribution in [-0.4, -0.2) is 41.9 Å². The molecule has 30 heavy (non-hydrogen) atoms. The van der Waals surface area contributed by atoms with E-state index in [1.165, 1.54) is 0 Å². The number of hydrogen-bond donors (Lipinski definition) is 1. The van der Waals surface area contributed by atoms with Crippen molar-refractivity contribution in [2.75, 3.05) is 19.8 Å². The van der Waals surface area contributed by atoms with Gasteiger partial charge in [0, 0.05) is 0 Å². The second-order valence-corrected chi connectivity index (χ2v) is 7.72. The molecular weight excluding hydrogens is 404 g/mol. The van der Waals surface area contributed by atoms with E-state index in [1.807, 2.05) is 62.4 Å². The summed E-state index contributed by atoms with van der Waals surface area (Å²) < 4.78 is 11.1. The lowest BCUT2D eigenvalue weighted by Gasteiger charge is -2.08. The first-order valence-electron chi connectivity index (χ1n) is 9.68. The number of thioether (sulfide) groups is 1. The van der Waals surface area contributed by atoms with Crippen LogP contribution in [0.25, 0.3) is 0 Å². The zero-order valence-electron chi connectivity index (χ0n) is 16.9. The molecule has 0 spiro atoms. The van der Waals surface area contributed by atoms with Crippen molar-refractivity contribution in [3.05, 3.63) is 59.7 Å². The molecule has 1 aliphatic rings. The number of imide groups is 1. The Kier molecular flexibility index (Phi) is 7.73. The normalized spacial score (nSPS) is 16.3. The SMILES string of the molecule is CCOc1ccc(C(C)=NOCCOc2ccc(CC3SC(=O)NC3=O)cc2)cc1. The Morgan fingerprint density at radius 3 is 2.30 bits per heavy atom. The summed E-state index contributed by atoms with van der Waals surface area (Å²) in [6.07, 6.45) is 0.505. The number of ether oxygens (including phenoxy) is 2. The van der Waals surface area contributed by atoms with Crippen LogP contribution in [0.2, 0.25) is 0 Å². The van der Waals surface area contributed by atoms with Crippen LogP contribution in [0, 0.1) is 0 Å². The molecule has 2 aromatic carbocycles. The van der Waals surface area contributed by atoms with Gasteiger partial charge in [-0.1, -0.05) is 29.1 Å². The summed E-state index contributed by atoms with van der Waals surface area (Å²) in [5.74, 6) is 1.30. The number of rotatable bonds is 10. The fraction of sp³-hybridized carbons (Fsp3) is 0.318. The van der Waals surface area contributed by atoms with E-state index in [2.05, 4.69) is 10.5 Å². The fourth-order valence-corrected chi connectivity index (χ4v) is 3.67. The molecule has 1 N–H and O–H groups in total. The minimum atomic E-state index is -0.367. The van der Waals surface area contributed by atoms with Crippen LogP contribution in [-0.2, 0) is 16.1 Å². The number of nitrogens with one attached hydrogen (secondary N) is 1. The molecule has 1 heterocycles. The zero-order chi connectivity index (χ0) is 21.3. The highest BCUT2D eigenvalue weighted by Gasteiger charge is 2.31. The molecular formula is C22H24N2O5S. The first-order chi connectivity index (χ1) is 14.5. The minimum absolute atomic E-state index is 0.233. The average Bonchev–Trinajstić information content (AvgIpc) is 3.06. The van der Waals surface area contributed by atoms with Crippen LogP contribution in [0.3, 0.4) is 0 Å². The van der Waals surface area contributed by atoms with Crippen LogP contribution in [0.5, 0.6) is 11.5 Å². The van der Waals surface area contributed by atoms with Crippen molar-refractivity contribution in [2.45, 2.75) is 25.5 Å². The summed E-state index contributed by atoms with van der Waals surface area (Å²) in [7, 11) is 0. The Bertz CT molecular complexity index is 897. The highest BCUT2D eigenvalue weighted by atomic mass is 32.2. The number of amides is 2. The maximum absolute atomic E-state index is 11.6. The Labute approximate surface area is 179 Å². The first-order valence-corrected chi connectivity index (χ1v) is 10.6.